The predicted octanol–water partition coefficient (Wildman–Crippen LogP) is 3.71. The Morgan fingerprint density at radius 2 is 1.61 bits per heavy atom. The molecule has 232 valence electrons. The quantitative estimate of drug-likeness (QED) is 0.137. The van der Waals surface area contributed by atoms with Crippen molar-refractivity contribution in [2.45, 2.75) is 11.3 Å². The zero-order valence-electron chi connectivity index (χ0n) is 26.3. The lowest BCUT2D eigenvalue weighted by Crippen LogP contribution is -2.26. The van der Waals surface area contributed by atoms with E-state index in [9.17, 15) is 13.0 Å². The average Bonchev–Trinajstić information content (AvgIpc) is 2.96. The van der Waals surface area contributed by atoms with Crippen LogP contribution in [0.3, 0.4) is 0 Å². The summed E-state index contributed by atoms with van der Waals surface area (Å²) in [4.78, 5) is 14.5. The Kier molecular flexibility index (Phi) is 10.6. The molecule has 2 unspecified atom stereocenters. The fraction of sp³-hybridized carbons (Fsp3) is 0.312. The number of rotatable bonds is 5. The summed E-state index contributed by atoms with van der Waals surface area (Å²) in [6.45, 7) is 0. The number of benzene rings is 2. The highest BCUT2D eigenvalue weighted by molar-refractivity contribution is 8.70. The molecule has 9 nitrogen and oxygen atoms in total. The molecule has 1 heterocycles. The van der Waals surface area contributed by atoms with E-state index < -0.39 is 20.4 Å². The Balaban J connectivity index is 0.000000204. The summed E-state index contributed by atoms with van der Waals surface area (Å²) in [5.74, 6) is 0. The highest BCUT2D eigenvalue weighted by Crippen LogP contribution is 2.32. The second-order valence-corrected chi connectivity index (χ2v) is 15.6. The van der Waals surface area contributed by atoms with Crippen molar-refractivity contribution in [3.63, 3.8) is 0 Å². The fourth-order valence-electron chi connectivity index (χ4n) is 4.43. The summed E-state index contributed by atoms with van der Waals surface area (Å²) in [6, 6.07) is 12.4. The third-order valence-corrected chi connectivity index (χ3v) is 10.3. The van der Waals surface area contributed by atoms with E-state index in [0.29, 0.717) is 10.8 Å². The van der Waals surface area contributed by atoms with Gasteiger partial charge in [0.1, 0.15) is 37.3 Å². The van der Waals surface area contributed by atoms with Crippen molar-refractivity contribution in [3.05, 3.63) is 90.0 Å². The second kappa shape index (κ2) is 14.0. The van der Waals surface area contributed by atoms with Gasteiger partial charge in [0.25, 0.3) is 0 Å². The minimum atomic E-state index is -4.41. The van der Waals surface area contributed by atoms with E-state index in [1.807, 2.05) is 74.1 Å². The Labute approximate surface area is 267 Å². The molecule has 0 aromatic heterocycles. The van der Waals surface area contributed by atoms with Crippen molar-refractivity contribution < 1.29 is 17.5 Å². The van der Waals surface area contributed by atoms with Crippen LogP contribution >= 0.6 is 22.1 Å². The molecule has 0 saturated carbocycles. The van der Waals surface area contributed by atoms with Crippen LogP contribution in [0.1, 0.15) is 0 Å². The van der Waals surface area contributed by atoms with Gasteiger partial charge in [-0.05, 0) is 59.4 Å². The number of anilines is 1. The van der Waals surface area contributed by atoms with Gasteiger partial charge in [-0.3, -0.25) is 4.99 Å². The molecule has 12 heteroatoms. The van der Waals surface area contributed by atoms with Crippen molar-refractivity contribution in [2.24, 2.45) is 4.99 Å². The molecule has 0 saturated heterocycles. The second-order valence-electron chi connectivity index (χ2n) is 11.2. The van der Waals surface area contributed by atoms with Crippen molar-refractivity contribution in [3.8, 4) is 10.6 Å². The number of allylic oxidation sites excluding steroid dienone is 5. The largest absolute Gasteiger partial charge is 0.739 e. The molecule has 4 aliphatic rings. The van der Waals surface area contributed by atoms with Crippen molar-refractivity contribution >= 4 is 58.6 Å². The van der Waals surface area contributed by atoms with Gasteiger partial charge in [-0.25, -0.2) is 22.6 Å². The van der Waals surface area contributed by atoms with Crippen LogP contribution in [0, 0.1) is 0 Å². The molecule has 3 aliphatic carbocycles. The standard InChI is InChI=1S/C16H21N3O3S2.C16H18N3S/c1-18(2)13-7-5-12(6-8-13)17-15-10-9-14(19(3)4)11-16(15)23-24(20,21)22;1-18(2)11-5-7-13-15(9-11)20-16-10-12(19(3)4)6-8-14(16)17-13/h5-11,15-16H,1-4H3;5-10H,1-4H3/q;+1. The minimum Gasteiger partial charge on any atom is -0.739 e. The van der Waals surface area contributed by atoms with Crippen LogP contribution in [0.2, 0.25) is 0 Å². The van der Waals surface area contributed by atoms with Gasteiger partial charge in [-0.2, -0.15) is 0 Å². The number of nitrogens with zero attached hydrogens (tertiary/aromatic N) is 6. The van der Waals surface area contributed by atoms with E-state index in [1.54, 1.807) is 17.4 Å². The van der Waals surface area contributed by atoms with E-state index in [0.717, 1.165) is 28.3 Å². The van der Waals surface area contributed by atoms with E-state index in [2.05, 4.69) is 79.1 Å². The maximum absolute atomic E-state index is 11.2. The van der Waals surface area contributed by atoms with Gasteiger partial charge < -0.3 is 14.4 Å². The molecule has 0 radical (unpaired) electrons. The Morgan fingerprint density at radius 1 is 0.909 bits per heavy atom. The molecule has 2 atom stereocenters. The molecule has 1 aliphatic heterocycles. The Morgan fingerprint density at radius 3 is 2.20 bits per heavy atom. The van der Waals surface area contributed by atoms with E-state index >= 15 is 0 Å². The molecule has 44 heavy (non-hydrogen) atoms. The van der Waals surface area contributed by atoms with E-state index in [4.69, 9.17) is 4.98 Å². The SMILES string of the molecule is CN(C)C1=CC(SS(=O)(=O)[O-])C(N=C2C=CC(=[N+](C)C)C=C2)C=C1.CN(C)c1ccc2nc3ccc(=[N+](C)C)cc-3sc2c1. The minimum absolute atomic E-state index is 0.395. The maximum Gasteiger partial charge on any atom is 0.201 e. The average molecular weight is 652 g/mol. The van der Waals surface area contributed by atoms with E-state index in [-0.39, 0.29) is 0 Å². The molecule has 0 spiro atoms. The number of aromatic nitrogens is 1. The topological polar surface area (TPSA) is 95.0 Å². The maximum atomic E-state index is 11.2. The molecule has 5 rings (SSSR count). The molecular weight excluding hydrogens is 613 g/mol. The Bertz CT molecular complexity index is 1860. The van der Waals surface area contributed by atoms with Crippen LogP contribution in [0.5, 0.6) is 0 Å². The van der Waals surface area contributed by atoms with Crippen molar-refractivity contribution in [1.82, 2.24) is 14.5 Å². The molecule has 1 aromatic rings. The van der Waals surface area contributed by atoms with Gasteiger partial charge in [-0.15, -0.1) is 11.3 Å². The van der Waals surface area contributed by atoms with Gasteiger partial charge in [0.05, 0.1) is 37.8 Å². The van der Waals surface area contributed by atoms with Crippen LogP contribution in [0.15, 0.2) is 89.6 Å². The number of likely N-dealkylation sites (N-methyl/N-ethyl adjacent to an activating group) is 1. The first-order valence-electron chi connectivity index (χ1n) is 13.9. The first-order valence-corrected chi connectivity index (χ1v) is 17.5. The third-order valence-electron chi connectivity index (χ3n) is 6.93. The van der Waals surface area contributed by atoms with Crippen LogP contribution < -0.4 is 14.8 Å². The van der Waals surface area contributed by atoms with Gasteiger partial charge >= 0.3 is 0 Å². The zero-order valence-corrected chi connectivity index (χ0v) is 28.7. The van der Waals surface area contributed by atoms with Crippen LogP contribution in [-0.2, 0) is 9.15 Å². The lowest BCUT2D eigenvalue weighted by molar-refractivity contribution is -0.462. The van der Waals surface area contributed by atoms with Crippen LogP contribution in [0.25, 0.3) is 20.8 Å². The summed E-state index contributed by atoms with van der Waals surface area (Å²) < 4.78 is 38.9. The number of aliphatic imine (C=N–C) groups is 1. The molecule has 1 aromatic carbocycles. The summed E-state index contributed by atoms with van der Waals surface area (Å²) in [5.41, 5.74) is 5.97. The van der Waals surface area contributed by atoms with Gasteiger partial charge in [0.2, 0.25) is 5.36 Å². The fourth-order valence-corrected chi connectivity index (χ4v) is 7.52. The normalized spacial score (nSPS) is 17.7. The summed E-state index contributed by atoms with van der Waals surface area (Å²) in [6.07, 6.45) is 13.1. The molecule has 0 bridgehead atoms. The van der Waals surface area contributed by atoms with Crippen molar-refractivity contribution in [1.29, 1.82) is 0 Å². The Hall–Kier alpha value is -3.58. The third kappa shape index (κ3) is 8.75. The molecule has 0 amide bonds. The lowest BCUT2D eigenvalue weighted by atomic mass is 10.1. The van der Waals surface area contributed by atoms with Crippen LogP contribution in [0.4, 0.5) is 5.69 Å². The van der Waals surface area contributed by atoms with Crippen molar-refractivity contribution in [2.75, 3.05) is 61.3 Å². The van der Waals surface area contributed by atoms with E-state index in [1.165, 1.54) is 20.6 Å². The van der Waals surface area contributed by atoms with Crippen LogP contribution in [-0.4, -0.2) is 107 Å². The molecule has 0 fully saturated rings. The monoisotopic (exact) mass is 651 g/mol. The summed E-state index contributed by atoms with van der Waals surface area (Å²) >= 11 is 1.80. The smallest absolute Gasteiger partial charge is 0.201 e. The lowest BCUT2D eigenvalue weighted by Gasteiger charge is -2.26. The first-order chi connectivity index (χ1) is 20.7. The highest BCUT2D eigenvalue weighted by Gasteiger charge is 2.24. The highest BCUT2D eigenvalue weighted by atomic mass is 33.1. The number of fused-ring (bicyclic) bond motifs is 2. The first kappa shape index (κ1) is 33.3. The summed E-state index contributed by atoms with van der Waals surface area (Å²) in [7, 11) is 11.9. The molecular formula is C32H39N6O3S3+. The number of hydrogen-bond donors (Lipinski definition) is 0. The summed E-state index contributed by atoms with van der Waals surface area (Å²) in [5, 5.41) is 0.655. The predicted molar refractivity (Wildman–Crippen MR) is 186 cm³/mol. The van der Waals surface area contributed by atoms with Gasteiger partial charge in [0, 0.05) is 63.9 Å². The molecule has 0 N–H and O–H groups in total. The zero-order chi connectivity index (χ0) is 32.2. The van der Waals surface area contributed by atoms with Gasteiger partial charge in [-0.1, -0.05) is 6.08 Å². The number of hydrogen-bond acceptors (Lipinski definition) is 9. The van der Waals surface area contributed by atoms with Gasteiger partial charge in [0.15, 0.2) is 5.71 Å².